The first-order valence-electron chi connectivity index (χ1n) is 12.0. The lowest BCUT2D eigenvalue weighted by Gasteiger charge is -2.30. The average molecular weight is 438 g/mol. The largest absolute Gasteiger partial charge is 0.393 e. The molecule has 32 heavy (non-hydrogen) atoms. The van der Waals surface area contributed by atoms with Crippen molar-refractivity contribution in [2.75, 3.05) is 29.9 Å². The maximum absolute atomic E-state index is 13.6. The summed E-state index contributed by atoms with van der Waals surface area (Å²) in [6.45, 7) is 4.73. The van der Waals surface area contributed by atoms with Crippen molar-refractivity contribution >= 4 is 17.7 Å². The minimum Gasteiger partial charge on any atom is -0.393 e. The number of anilines is 2. The number of carbonyl (C=O) groups excluding carboxylic acids is 1. The lowest BCUT2D eigenvalue weighted by molar-refractivity contribution is 0.0979. The van der Waals surface area contributed by atoms with E-state index in [0.29, 0.717) is 29.8 Å². The summed E-state index contributed by atoms with van der Waals surface area (Å²) in [5, 5.41) is 16.6. The van der Waals surface area contributed by atoms with E-state index in [-0.39, 0.29) is 18.1 Å². The normalized spacial score (nSPS) is 21.8. The van der Waals surface area contributed by atoms with Crippen LogP contribution in [0.4, 0.5) is 11.8 Å². The van der Waals surface area contributed by atoms with Crippen molar-refractivity contribution in [3.8, 4) is 0 Å². The Labute approximate surface area is 190 Å². The van der Waals surface area contributed by atoms with Gasteiger partial charge in [-0.25, -0.2) is 4.98 Å². The highest BCUT2D eigenvalue weighted by Crippen LogP contribution is 2.24. The van der Waals surface area contributed by atoms with Gasteiger partial charge >= 0.3 is 0 Å². The van der Waals surface area contributed by atoms with Crippen LogP contribution in [0.3, 0.4) is 0 Å². The number of aliphatic hydroxyl groups excluding tert-OH is 1. The van der Waals surface area contributed by atoms with Gasteiger partial charge in [0, 0.05) is 24.3 Å². The van der Waals surface area contributed by atoms with Crippen LogP contribution in [0, 0.1) is 5.92 Å². The van der Waals surface area contributed by atoms with Crippen LogP contribution in [0.25, 0.3) is 0 Å². The molecule has 1 amide bonds. The molecule has 0 unspecified atom stereocenters. The van der Waals surface area contributed by atoms with Crippen LogP contribution in [0.15, 0.2) is 36.5 Å². The van der Waals surface area contributed by atoms with Gasteiger partial charge < -0.3 is 15.7 Å². The number of amides is 1. The molecular formula is C25H35N5O2. The van der Waals surface area contributed by atoms with Gasteiger partial charge in [0.1, 0.15) is 5.82 Å². The van der Waals surface area contributed by atoms with Gasteiger partial charge in [0.15, 0.2) is 0 Å². The van der Waals surface area contributed by atoms with E-state index in [9.17, 15) is 9.90 Å². The zero-order valence-electron chi connectivity index (χ0n) is 19.0. The van der Waals surface area contributed by atoms with Gasteiger partial charge in [-0.2, -0.15) is 4.98 Å². The molecule has 3 N–H and O–H groups in total. The summed E-state index contributed by atoms with van der Waals surface area (Å²) < 4.78 is 0. The fraction of sp³-hybridized carbons (Fsp3) is 0.560. The third kappa shape index (κ3) is 5.84. The zero-order valence-corrected chi connectivity index (χ0v) is 19.0. The second kappa shape index (κ2) is 10.9. The van der Waals surface area contributed by atoms with Crippen LogP contribution in [-0.2, 0) is 6.42 Å². The number of benzene rings is 1. The minimum absolute atomic E-state index is 0.00993. The van der Waals surface area contributed by atoms with E-state index in [1.165, 1.54) is 0 Å². The van der Waals surface area contributed by atoms with Gasteiger partial charge in [-0.3, -0.25) is 9.69 Å². The second-order valence-electron chi connectivity index (χ2n) is 9.05. The summed E-state index contributed by atoms with van der Waals surface area (Å²) in [5.41, 5.74) is 1.86. The highest BCUT2D eigenvalue weighted by Gasteiger charge is 2.25. The van der Waals surface area contributed by atoms with Crippen molar-refractivity contribution < 1.29 is 9.90 Å². The molecule has 2 aromatic rings. The third-order valence-electron chi connectivity index (χ3n) is 6.67. The van der Waals surface area contributed by atoms with Crippen LogP contribution >= 0.6 is 0 Å². The van der Waals surface area contributed by atoms with Crippen molar-refractivity contribution in [1.29, 1.82) is 0 Å². The maximum Gasteiger partial charge on any atom is 0.259 e. The van der Waals surface area contributed by atoms with Crippen molar-refractivity contribution in [1.82, 2.24) is 15.3 Å². The number of rotatable bonds is 7. The van der Waals surface area contributed by atoms with Crippen molar-refractivity contribution in [3.05, 3.63) is 47.7 Å². The number of aryl methyl sites for hydroxylation is 1. The Kier molecular flexibility index (Phi) is 7.71. The summed E-state index contributed by atoms with van der Waals surface area (Å²) in [4.78, 5) is 24.6. The van der Waals surface area contributed by atoms with Gasteiger partial charge in [-0.05, 0) is 87.7 Å². The molecule has 1 aliphatic carbocycles. The Morgan fingerprint density at radius 3 is 2.69 bits per heavy atom. The molecule has 7 heteroatoms. The van der Waals surface area contributed by atoms with Crippen LogP contribution in [0.1, 0.15) is 61.4 Å². The molecule has 1 saturated heterocycles. The Morgan fingerprint density at radius 2 is 1.94 bits per heavy atom. The monoisotopic (exact) mass is 437 g/mol. The molecule has 0 atom stereocenters. The number of hydrogen-bond donors (Lipinski definition) is 3. The predicted molar refractivity (Wildman–Crippen MR) is 127 cm³/mol. The van der Waals surface area contributed by atoms with E-state index in [2.05, 4.69) is 28.6 Å². The molecule has 1 aromatic carbocycles. The highest BCUT2D eigenvalue weighted by molar-refractivity contribution is 6.05. The Morgan fingerprint density at radius 1 is 1.16 bits per heavy atom. The lowest BCUT2D eigenvalue weighted by Crippen LogP contribution is -2.40. The molecule has 1 saturated carbocycles. The zero-order chi connectivity index (χ0) is 22.3. The first-order valence-corrected chi connectivity index (χ1v) is 12.0. The van der Waals surface area contributed by atoms with Crippen molar-refractivity contribution in [3.63, 3.8) is 0 Å². The van der Waals surface area contributed by atoms with Crippen molar-refractivity contribution in [2.24, 2.45) is 5.92 Å². The summed E-state index contributed by atoms with van der Waals surface area (Å²) >= 11 is 0. The molecule has 0 spiro atoms. The number of aromatic nitrogens is 2. The van der Waals surface area contributed by atoms with Crippen molar-refractivity contribution in [2.45, 2.75) is 64.0 Å². The van der Waals surface area contributed by atoms with E-state index in [4.69, 9.17) is 4.98 Å². The Hall–Kier alpha value is -2.51. The van der Waals surface area contributed by atoms with Gasteiger partial charge in [0.2, 0.25) is 5.95 Å². The van der Waals surface area contributed by atoms with E-state index >= 15 is 0 Å². The highest BCUT2D eigenvalue weighted by atomic mass is 16.3. The first-order chi connectivity index (χ1) is 15.6. The molecule has 2 aliphatic rings. The molecule has 172 valence electrons. The quantitative estimate of drug-likeness (QED) is 0.615. The molecule has 4 rings (SSSR count). The van der Waals surface area contributed by atoms with E-state index in [1.54, 1.807) is 6.20 Å². The van der Waals surface area contributed by atoms with E-state index < -0.39 is 0 Å². The molecule has 1 aliphatic heterocycles. The lowest BCUT2D eigenvalue weighted by atomic mass is 9.93. The standard InChI is InChI=1S/C25H35N5O2/c1-2-18-4-3-5-20(16-18)24(32)30(17-19-10-13-26-14-11-19)23-12-15-27-25(29-23)28-21-6-8-22(31)9-7-21/h3-5,12,15-16,19,21-22,26,31H,2,6-11,13-14,17H2,1H3,(H,27,28,29). The van der Waals surface area contributed by atoms with Gasteiger partial charge in [-0.1, -0.05) is 19.1 Å². The Bertz CT molecular complexity index is 891. The van der Waals surface area contributed by atoms with Crippen LogP contribution in [-0.4, -0.2) is 52.8 Å². The van der Waals surface area contributed by atoms with E-state index in [1.807, 2.05) is 29.2 Å². The topological polar surface area (TPSA) is 90.4 Å². The number of nitrogens with zero attached hydrogens (tertiary/aromatic N) is 3. The number of hydrogen-bond acceptors (Lipinski definition) is 6. The molecule has 7 nitrogen and oxygen atoms in total. The molecular weight excluding hydrogens is 402 g/mol. The average Bonchev–Trinajstić information content (AvgIpc) is 2.84. The summed E-state index contributed by atoms with van der Waals surface area (Å²) in [7, 11) is 0. The fourth-order valence-corrected chi connectivity index (χ4v) is 4.65. The summed E-state index contributed by atoms with van der Waals surface area (Å²) in [6.07, 6.45) is 7.93. The van der Waals surface area contributed by atoms with E-state index in [0.717, 1.165) is 63.6 Å². The van der Waals surface area contributed by atoms with Gasteiger partial charge in [0.25, 0.3) is 5.91 Å². The molecule has 0 bridgehead atoms. The van der Waals surface area contributed by atoms with Crippen LogP contribution in [0.5, 0.6) is 0 Å². The number of nitrogens with one attached hydrogen (secondary N) is 2. The first kappa shape index (κ1) is 22.7. The number of aliphatic hydroxyl groups is 1. The van der Waals surface area contributed by atoms with Gasteiger partial charge in [0.05, 0.1) is 6.10 Å². The minimum atomic E-state index is -0.197. The van der Waals surface area contributed by atoms with Gasteiger partial charge in [-0.15, -0.1) is 0 Å². The molecule has 1 aromatic heterocycles. The van der Waals surface area contributed by atoms with Crippen LogP contribution < -0.4 is 15.5 Å². The summed E-state index contributed by atoms with van der Waals surface area (Å²) in [5.74, 6) is 1.63. The number of carbonyl (C=O) groups is 1. The maximum atomic E-state index is 13.6. The molecule has 2 heterocycles. The SMILES string of the molecule is CCc1cccc(C(=O)N(CC2CCNCC2)c2ccnc(NC3CCC(O)CC3)n2)c1. The predicted octanol–water partition coefficient (Wildman–Crippen LogP) is 3.40. The smallest absolute Gasteiger partial charge is 0.259 e. The summed E-state index contributed by atoms with van der Waals surface area (Å²) in [6, 6.07) is 9.98. The molecule has 2 fully saturated rings. The third-order valence-corrected chi connectivity index (χ3v) is 6.67. The second-order valence-corrected chi connectivity index (χ2v) is 9.05. The number of piperidine rings is 1. The van der Waals surface area contributed by atoms with Crippen LogP contribution in [0.2, 0.25) is 0 Å². The fourth-order valence-electron chi connectivity index (χ4n) is 4.65. The molecule has 0 radical (unpaired) electrons. The Balaban J connectivity index is 1.56.